The topological polar surface area (TPSA) is 72.2 Å². The minimum absolute atomic E-state index is 0.173. The maximum Gasteiger partial charge on any atom is 0.419 e. The summed E-state index contributed by atoms with van der Waals surface area (Å²) in [5.41, 5.74) is 3.07. The minimum Gasteiger partial charge on any atom is -0.324 e. The van der Waals surface area contributed by atoms with Gasteiger partial charge >= 0.3 is 6.18 Å². The van der Waals surface area contributed by atoms with E-state index in [1.54, 1.807) is 13.8 Å². The van der Waals surface area contributed by atoms with Gasteiger partial charge in [-0.1, -0.05) is 0 Å². The number of rotatable bonds is 4. The summed E-state index contributed by atoms with van der Waals surface area (Å²) in [6.07, 6.45) is -4.97. The van der Waals surface area contributed by atoms with Gasteiger partial charge in [0.15, 0.2) is 0 Å². The summed E-state index contributed by atoms with van der Waals surface area (Å²) in [6, 6.07) is 1.47. The predicted octanol–water partition coefficient (Wildman–Crippen LogP) is 1.86. The highest BCUT2D eigenvalue weighted by molar-refractivity contribution is 7.89. The Morgan fingerprint density at radius 2 is 1.80 bits per heavy atom. The average Bonchev–Trinajstić information content (AvgIpc) is 2.24. The third kappa shape index (κ3) is 4.43. The molecule has 1 aromatic rings. The van der Waals surface area contributed by atoms with Gasteiger partial charge in [-0.05, 0) is 32.0 Å². The molecule has 4 nitrogen and oxygen atoms in total. The summed E-state index contributed by atoms with van der Waals surface area (Å²) in [7, 11) is -4.19. The average molecular weight is 314 g/mol. The van der Waals surface area contributed by atoms with Gasteiger partial charge in [0.25, 0.3) is 0 Å². The normalized spacial score (nSPS) is 13.6. The van der Waals surface area contributed by atoms with Crippen molar-refractivity contribution >= 4 is 10.0 Å². The number of benzene rings is 1. The Kier molecular flexibility index (Phi) is 4.47. The third-order valence-electron chi connectivity index (χ3n) is 2.27. The molecule has 114 valence electrons. The number of halogens is 4. The van der Waals surface area contributed by atoms with Crippen molar-refractivity contribution < 1.29 is 26.0 Å². The van der Waals surface area contributed by atoms with Gasteiger partial charge in [0.2, 0.25) is 10.0 Å². The van der Waals surface area contributed by atoms with Crippen molar-refractivity contribution in [3.63, 3.8) is 0 Å². The lowest BCUT2D eigenvalue weighted by atomic mass is 10.1. The summed E-state index contributed by atoms with van der Waals surface area (Å²) in [6.45, 7) is 2.91. The van der Waals surface area contributed by atoms with E-state index >= 15 is 0 Å². The van der Waals surface area contributed by atoms with Crippen molar-refractivity contribution in [3.05, 3.63) is 29.6 Å². The Labute approximate surface area is 114 Å². The fourth-order valence-corrected chi connectivity index (χ4v) is 2.50. The van der Waals surface area contributed by atoms with E-state index in [1.165, 1.54) is 0 Å². The number of sulfonamides is 1. The first kappa shape index (κ1) is 16.9. The first-order valence-electron chi connectivity index (χ1n) is 5.48. The summed E-state index contributed by atoms with van der Waals surface area (Å²) in [4.78, 5) is -0.671. The Bertz CT molecular complexity index is 591. The third-order valence-corrected chi connectivity index (χ3v) is 3.67. The molecule has 0 aliphatic heterocycles. The molecule has 1 rings (SSSR count). The maximum atomic E-state index is 13.1. The van der Waals surface area contributed by atoms with Crippen LogP contribution in [0.25, 0.3) is 0 Å². The second kappa shape index (κ2) is 5.30. The lowest BCUT2D eigenvalue weighted by Crippen LogP contribution is -2.45. The van der Waals surface area contributed by atoms with E-state index in [9.17, 15) is 26.0 Å². The zero-order chi connectivity index (χ0) is 15.8. The highest BCUT2D eigenvalue weighted by atomic mass is 32.2. The van der Waals surface area contributed by atoms with Crippen LogP contribution in [-0.2, 0) is 16.2 Å². The molecule has 0 saturated carbocycles. The standard InChI is InChI=1S/C11H14F4N2O2S/c1-10(2,16)6-17-20(18,19)7-3-4-9(12)8(5-7)11(13,14)15/h3-5,17H,6,16H2,1-2H3. The van der Waals surface area contributed by atoms with Gasteiger partial charge in [0.1, 0.15) is 5.82 Å². The van der Waals surface area contributed by atoms with Crippen LogP contribution in [-0.4, -0.2) is 20.5 Å². The fourth-order valence-electron chi connectivity index (χ4n) is 1.25. The zero-order valence-electron chi connectivity index (χ0n) is 10.8. The van der Waals surface area contributed by atoms with Gasteiger partial charge in [-0.2, -0.15) is 13.2 Å². The maximum absolute atomic E-state index is 13.1. The fraction of sp³-hybridized carbons (Fsp3) is 0.455. The zero-order valence-corrected chi connectivity index (χ0v) is 11.6. The molecule has 1 aromatic carbocycles. The van der Waals surface area contributed by atoms with Crippen molar-refractivity contribution in [1.82, 2.24) is 4.72 Å². The Morgan fingerprint density at radius 3 is 2.25 bits per heavy atom. The molecule has 0 heterocycles. The lowest BCUT2D eigenvalue weighted by molar-refractivity contribution is -0.140. The second-order valence-electron chi connectivity index (χ2n) is 4.95. The number of nitrogens with two attached hydrogens (primary N) is 1. The molecule has 0 aliphatic carbocycles. The molecule has 0 radical (unpaired) electrons. The second-order valence-corrected chi connectivity index (χ2v) is 6.72. The van der Waals surface area contributed by atoms with Crippen molar-refractivity contribution in [2.45, 2.75) is 30.5 Å². The molecule has 20 heavy (non-hydrogen) atoms. The van der Waals surface area contributed by atoms with E-state index in [4.69, 9.17) is 5.73 Å². The van der Waals surface area contributed by atoms with E-state index in [0.29, 0.717) is 6.07 Å². The summed E-state index contributed by atoms with van der Waals surface area (Å²) < 4.78 is 76.3. The highest BCUT2D eigenvalue weighted by Gasteiger charge is 2.35. The van der Waals surface area contributed by atoms with E-state index < -0.39 is 38.0 Å². The molecule has 0 aliphatic rings. The van der Waals surface area contributed by atoms with Gasteiger partial charge in [0.05, 0.1) is 10.5 Å². The quantitative estimate of drug-likeness (QED) is 0.833. The summed E-state index contributed by atoms with van der Waals surface area (Å²) in [5.74, 6) is -1.53. The van der Waals surface area contributed by atoms with E-state index in [0.717, 1.165) is 6.07 Å². The predicted molar refractivity (Wildman–Crippen MR) is 64.9 cm³/mol. The van der Waals surface area contributed by atoms with E-state index in [1.807, 2.05) is 0 Å². The molecule has 0 aromatic heterocycles. The number of alkyl halides is 3. The SMILES string of the molecule is CC(C)(N)CNS(=O)(=O)c1ccc(F)c(C(F)(F)F)c1. The van der Waals surface area contributed by atoms with Crippen molar-refractivity contribution in [3.8, 4) is 0 Å². The molecule has 0 atom stereocenters. The Morgan fingerprint density at radius 1 is 1.25 bits per heavy atom. The monoisotopic (exact) mass is 314 g/mol. The van der Waals surface area contributed by atoms with Crippen LogP contribution in [0.15, 0.2) is 23.1 Å². The van der Waals surface area contributed by atoms with Gasteiger partial charge < -0.3 is 5.73 Å². The summed E-state index contributed by atoms with van der Waals surface area (Å²) >= 11 is 0. The molecule has 0 bridgehead atoms. The van der Waals surface area contributed by atoms with E-state index in [2.05, 4.69) is 4.72 Å². The molecule has 0 amide bonds. The Hall–Kier alpha value is -1.19. The van der Waals surface area contributed by atoms with Crippen molar-refractivity contribution in [2.75, 3.05) is 6.54 Å². The van der Waals surface area contributed by atoms with Crippen LogP contribution >= 0.6 is 0 Å². The lowest BCUT2D eigenvalue weighted by Gasteiger charge is -2.19. The van der Waals surface area contributed by atoms with E-state index in [-0.39, 0.29) is 12.6 Å². The summed E-state index contributed by atoms with van der Waals surface area (Å²) in [5, 5.41) is 0. The highest BCUT2D eigenvalue weighted by Crippen LogP contribution is 2.32. The molecule has 3 N–H and O–H groups in total. The van der Waals surface area contributed by atoms with Gasteiger partial charge in [0, 0.05) is 12.1 Å². The molecule has 0 unspecified atom stereocenters. The largest absolute Gasteiger partial charge is 0.419 e. The molecule has 0 spiro atoms. The van der Waals surface area contributed by atoms with Crippen LogP contribution in [0.4, 0.5) is 17.6 Å². The number of hydrogen-bond donors (Lipinski definition) is 2. The van der Waals surface area contributed by atoms with Crippen LogP contribution in [0.3, 0.4) is 0 Å². The molecular weight excluding hydrogens is 300 g/mol. The molecule has 9 heteroatoms. The first-order valence-corrected chi connectivity index (χ1v) is 6.96. The first-order chi connectivity index (χ1) is 8.83. The molecular formula is C11H14F4N2O2S. The van der Waals surface area contributed by atoms with Gasteiger partial charge in [-0.3, -0.25) is 0 Å². The number of nitrogens with one attached hydrogen (secondary N) is 1. The molecule has 0 fully saturated rings. The van der Waals surface area contributed by atoms with Crippen LogP contribution in [0.2, 0.25) is 0 Å². The van der Waals surface area contributed by atoms with Crippen LogP contribution < -0.4 is 10.5 Å². The van der Waals surface area contributed by atoms with Crippen molar-refractivity contribution in [1.29, 1.82) is 0 Å². The molecule has 0 saturated heterocycles. The van der Waals surface area contributed by atoms with Crippen LogP contribution in [0, 0.1) is 5.82 Å². The van der Waals surface area contributed by atoms with Gasteiger partial charge in [-0.15, -0.1) is 0 Å². The van der Waals surface area contributed by atoms with Gasteiger partial charge in [-0.25, -0.2) is 17.5 Å². The minimum atomic E-state index is -4.97. The Balaban J connectivity index is 3.15. The van der Waals surface area contributed by atoms with Crippen LogP contribution in [0.1, 0.15) is 19.4 Å². The number of hydrogen-bond acceptors (Lipinski definition) is 3. The smallest absolute Gasteiger partial charge is 0.324 e. The van der Waals surface area contributed by atoms with Crippen LogP contribution in [0.5, 0.6) is 0 Å². The van der Waals surface area contributed by atoms with Crippen molar-refractivity contribution in [2.24, 2.45) is 5.73 Å².